The molecule has 0 amide bonds. The van der Waals surface area contributed by atoms with Crippen molar-refractivity contribution in [1.82, 2.24) is 10.2 Å². The highest BCUT2D eigenvalue weighted by Crippen LogP contribution is 2.10. The summed E-state index contributed by atoms with van der Waals surface area (Å²) in [4.78, 5) is 0. The van der Waals surface area contributed by atoms with Crippen LogP contribution >= 0.6 is 11.6 Å². The van der Waals surface area contributed by atoms with Crippen LogP contribution in [0, 0.1) is 6.92 Å². The van der Waals surface area contributed by atoms with Gasteiger partial charge in [0.2, 0.25) is 0 Å². The standard InChI is InChI=1S/C14H16ClN3/c1-11-7-14(18-16-10-11)17-13(9-15)8-12-5-3-2-4-6-12/h2-7,10,13H,8-9H2,1H3,(H,17,18). The third kappa shape index (κ3) is 3.70. The third-order valence-electron chi connectivity index (χ3n) is 2.65. The molecule has 0 aliphatic carbocycles. The van der Waals surface area contributed by atoms with E-state index < -0.39 is 0 Å². The molecule has 1 heterocycles. The van der Waals surface area contributed by atoms with E-state index in [1.165, 1.54) is 5.56 Å². The van der Waals surface area contributed by atoms with Crippen LogP contribution in [0.5, 0.6) is 0 Å². The van der Waals surface area contributed by atoms with Gasteiger partial charge in [0.25, 0.3) is 0 Å². The number of aryl methyl sites for hydroxylation is 1. The van der Waals surface area contributed by atoms with Crippen LogP contribution in [0.4, 0.5) is 5.82 Å². The maximum atomic E-state index is 6.00. The Bertz CT molecular complexity index is 487. The van der Waals surface area contributed by atoms with Gasteiger partial charge in [-0.3, -0.25) is 0 Å². The maximum Gasteiger partial charge on any atom is 0.149 e. The van der Waals surface area contributed by atoms with Crippen LogP contribution in [-0.2, 0) is 6.42 Å². The second-order valence-corrected chi connectivity index (χ2v) is 4.61. The molecule has 1 atom stereocenters. The first-order valence-corrected chi connectivity index (χ1v) is 6.47. The smallest absolute Gasteiger partial charge is 0.149 e. The molecule has 1 unspecified atom stereocenters. The van der Waals surface area contributed by atoms with Crippen LogP contribution in [-0.4, -0.2) is 22.1 Å². The van der Waals surface area contributed by atoms with E-state index in [4.69, 9.17) is 11.6 Å². The molecule has 0 saturated heterocycles. The summed E-state index contributed by atoms with van der Waals surface area (Å²) in [6, 6.07) is 12.4. The fourth-order valence-corrected chi connectivity index (χ4v) is 1.97. The van der Waals surface area contributed by atoms with Gasteiger partial charge in [-0.05, 0) is 30.5 Å². The first-order valence-electron chi connectivity index (χ1n) is 5.93. The molecule has 2 aromatic rings. The van der Waals surface area contributed by atoms with Gasteiger partial charge in [0.05, 0.1) is 6.20 Å². The second kappa shape index (κ2) is 6.36. The molecule has 0 fully saturated rings. The van der Waals surface area contributed by atoms with E-state index in [1.807, 2.05) is 31.2 Å². The zero-order chi connectivity index (χ0) is 12.8. The van der Waals surface area contributed by atoms with E-state index in [9.17, 15) is 0 Å². The normalized spacial score (nSPS) is 12.1. The molecule has 2 rings (SSSR count). The first-order chi connectivity index (χ1) is 8.78. The minimum Gasteiger partial charge on any atom is -0.364 e. The Hall–Kier alpha value is -1.61. The minimum atomic E-state index is 0.158. The largest absolute Gasteiger partial charge is 0.364 e. The average molecular weight is 262 g/mol. The van der Waals surface area contributed by atoms with E-state index >= 15 is 0 Å². The van der Waals surface area contributed by atoms with E-state index in [0.717, 1.165) is 17.8 Å². The van der Waals surface area contributed by atoms with E-state index in [2.05, 4.69) is 27.6 Å². The molecule has 0 bridgehead atoms. The van der Waals surface area contributed by atoms with Gasteiger partial charge >= 0.3 is 0 Å². The summed E-state index contributed by atoms with van der Waals surface area (Å²) in [5.74, 6) is 1.31. The van der Waals surface area contributed by atoms with Gasteiger partial charge in [-0.25, -0.2) is 0 Å². The fourth-order valence-electron chi connectivity index (χ4n) is 1.79. The number of nitrogens with one attached hydrogen (secondary N) is 1. The Morgan fingerprint density at radius 2 is 2.06 bits per heavy atom. The summed E-state index contributed by atoms with van der Waals surface area (Å²) in [6.07, 6.45) is 2.61. The van der Waals surface area contributed by atoms with Gasteiger partial charge in [0, 0.05) is 11.9 Å². The molecule has 0 aliphatic rings. The van der Waals surface area contributed by atoms with Crippen molar-refractivity contribution in [2.45, 2.75) is 19.4 Å². The first kappa shape index (κ1) is 12.8. The van der Waals surface area contributed by atoms with Gasteiger partial charge in [-0.1, -0.05) is 30.3 Å². The monoisotopic (exact) mass is 261 g/mol. The number of hydrogen-bond donors (Lipinski definition) is 1. The van der Waals surface area contributed by atoms with E-state index in [1.54, 1.807) is 6.20 Å². The van der Waals surface area contributed by atoms with Gasteiger partial charge < -0.3 is 5.32 Å². The molecule has 18 heavy (non-hydrogen) atoms. The average Bonchev–Trinajstić information content (AvgIpc) is 2.39. The van der Waals surface area contributed by atoms with E-state index in [-0.39, 0.29) is 6.04 Å². The van der Waals surface area contributed by atoms with Crippen LogP contribution in [0.25, 0.3) is 0 Å². The van der Waals surface area contributed by atoms with Crippen molar-refractivity contribution in [2.75, 3.05) is 11.2 Å². The molecule has 4 heteroatoms. The van der Waals surface area contributed by atoms with Crippen molar-refractivity contribution in [1.29, 1.82) is 0 Å². The molecule has 1 aromatic carbocycles. The lowest BCUT2D eigenvalue weighted by Gasteiger charge is -2.16. The molecule has 1 aromatic heterocycles. The predicted octanol–water partition coefficient (Wildman–Crippen LogP) is 3.05. The van der Waals surface area contributed by atoms with Gasteiger partial charge in [-0.2, -0.15) is 5.10 Å². The highest BCUT2D eigenvalue weighted by Gasteiger charge is 2.09. The number of aromatic nitrogens is 2. The van der Waals surface area contributed by atoms with E-state index in [0.29, 0.717) is 5.88 Å². The number of hydrogen-bond acceptors (Lipinski definition) is 3. The molecule has 0 saturated carbocycles. The Morgan fingerprint density at radius 3 is 2.72 bits per heavy atom. The van der Waals surface area contributed by atoms with Crippen molar-refractivity contribution in [3.05, 3.63) is 53.7 Å². The molecule has 3 nitrogen and oxygen atoms in total. The predicted molar refractivity (Wildman–Crippen MR) is 75.0 cm³/mol. The van der Waals surface area contributed by atoms with Crippen molar-refractivity contribution >= 4 is 17.4 Å². The second-order valence-electron chi connectivity index (χ2n) is 4.30. The Kier molecular flexibility index (Phi) is 4.53. The van der Waals surface area contributed by atoms with Crippen molar-refractivity contribution in [3.63, 3.8) is 0 Å². The van der Waals surface area contributed by atoms with Crippen molar-refractivity contribution < 1.29 is 0 Å². The Balaban J connectivity index is 2.01. The van der Waals surface area contributed by atoms with Crippen LogP contribution in [0.2, 0.25) is 0 Å². The van der Waals surface area contributed by atoms with Crippen LogP contribution in [0.15, 0.2) is 42.6 Å². The summed E-state index contributed by atoms with van der Waals surface area (Å²) in [5, 5.41) is 11.3. The van der Waals surface area contributed by atoms with Gasteiger partial charge in [0.1, 0.15) is 5.82 Å². The number of anilines is 1. The summed E-state index contributed by atoms with van der Waals surface area (Å²) < 4.78 is 0. The summed E-state index contributed by atoms with van der Waals surface area (Å²) in [5.41, 5.74) is 2.34. The lowest BCUT2D eigenvalue weighted by Crippen LogP contribution is -2.24. The van der Waals surface area contributed by atoms with Crippen LogP contribution in [0.1, 0.15) is 11.1 Å². The third-order valence-corrected chi connectivity index (χ3v) is 3.03. The van der Waals surface area contributed by atoms with Crippen molar-refractivity contribution in [3.8, 4) is 0 Å². The molecule has 0 radical (unpaired) electrons. The fraction of sp³-hybridized carbons (Fsp3) is 0.286. The lowest BCUT2D eigenvalue weighted by atomic mass is 10.1. The molecule has 1 N–H and O–H groups in total. The molecule has 94 valence electrons. The zero-order valence-corrected chi connectivity index (χ0v) is 11.1. The molecular formula is C14H16ClN3. The minimum absolute atomic E-state index is 0.158. The number of alkyl halides is 1. The SMILES string of the molecule is Cc1cnnc(NC(CCl)Cc2ccccc2)c1. The summed E-state index contributed by atoms with van der Waals surface area (Å²) in [6.45, 7) is 1.99. The highest BCUT2D eigenvalue weighted by atomic mass is 35.5. The quantitative estimate of drug-likeness (QED) is 0.841. The Labute approximate surface area is 112 Å². The maximum absolute atomic E-state index is 6.00. The Morgan fingerprint density at radius 1 is 1.28 bits per heavy atom. The molecule has 0 aliphatic heterocycles. The number of rotatable bonds is 5. The van der Waals surface area contributed by atoms with Gasteiger partial charge in [0.15, 0.2) is 0 Å². The number of nitrogens with zero attached hydrogens (tertiary/aromatic N) is 2. The molecule has 0 spiro atoms. The van der Waals surface area contributed by atoms with Crippen LogP contribution in [0.3, 0.4) is 0 Å². The highest BCUT2D eigenvalue weighted by molar-refractivity contribution is 6.18. The topological polar surface area (TPSA) is 37.8 Å². The van der Waals surface area contributed by atoms with Gasteiger partial charge in [-0.15, -0.1) is 16.7 Å². The zero-order valence-electron chi connectivity index (χ0n) is 10.3. The molecular weight excluding hydrogens is 246 g/mol. The van der Waals surface area contributed by atoms with Crippen molar-refractivity contribution in [2.24, 2.45) is 0 Å². The lowest BCUT2D eigenvalue weighted by molar-refractivity contribution is 0.785. The number of benzene rings is 1. The van der Waals surface area contributed by atoms with Crippen LogP contribution < -0.4 is 5.32 Å². The summed E-state index contributed by atoms with van der Waals surface area (Å²) >= 11 is 6.00. The summed E-state index contributed by atoms with van der Waals surface area (Å²) in [7, 11) is 0. The number of halogens is 1.